The zero-order valence-electron chi connectivity index (χ0n) is 13.6. The second-order valence-corrected chi connectivity index (χ2v) is 7.47. The van der Waals surface area contributed by atoms with E-state index < -0.39 is 11.4 Å². The second-order valence-electron chi connectivity index (χ2n) is 7.04. The highest BCUT2D eigenvalue weighted by Crippen LogP contribution is 2.47. The fourth-order valence-electron chi connectivity index (χ4n) is 3.45. The molecule has 2 aliphatic rings. The number of carbonyl (C=O) groups excluding carboxylic acids is 1. The SMILES string of the molecule is CC1CC1C(NC(=O)CC1(C(=O)O)CCOC1)c1ccc(Cl)cc1. The molecule has 0 spiro atoms. The Labute approximate surface area is 146 Å². The van der Waals surface area contributed by atoms with Crippen LogP contribution in [-0.2, 0) is 14.3 Å². The Balaban J connectivity index is 1.72. The van der Waals surface area contributed by atoms with Crippen molar-refractivity contribution < 1.29 is 19.4 Å². The van der Waals surface area contributed by atoms with E-state index in [2.05, 4.69) is 12.2 Å². The molecule has 0 bridgehead atoms. The van der Waals surface area contributed by atoms with E-state index in [1.807, 2.05) is 24.3 Å². The van der Waals surface area contributed by atoms with Crippen LogP contribution < -0.4 is 5.32 Å². The zero-order chi connectivity index (χ0) is 17.3. The number of carbonyl (C=O) groups is 2. The van der Waals surface area contributed by atoms with Crippen LogP contribution in [0.2, 0.25) is 5.02 Å². The number of halogens is 1. The molecule has 2 fully saturated rings. The van der Waals surface area contributed by atoms with Crippen LogP contribution in [0.25, 0.3) is 0 Å². The number of rotatable bonds is 6. The van der Waals surface area contributed by atoms with E-state index >= 15 is 0 Å². The van der Waals surface area contributed by atoms with Crippen LogP contribution in [0.3, 0.4) is 0 Å². The van der Waals surface area contributed by atoms with Gasteiger partial charge in [0.1, 0.15) is 5.41 Å². The van der Waals surface area contributed by atoms with Crippen LogP contribution in [0, 0.1) is 17.3 Å². The van der Waals surface area contributed by atoms with Crippen molar-refractivity contribution in [3.8, 4) is 0 Å². The Morgan fingerprint density at radius 1 is 1.42 bits per heavy atom. The van der Waals surface area contributed by atoms with Crippen molar-refractivity contribution in [2.24, 2.45) is 17.3 Å². The molecule has 1 aliphatic carbocycles. The van der Waals surface area contributed by atoms with Crippen LogP contribution in [0.4, 0.5) is 0 Å². The largest absolute Gasteiger partial charge is 0.481 e. The normalized spacial score (nSPS) is 29.9. The highest BCUT2D eigenvalue weighted by Gasteiger charge is 2.46. The maximum absolute atomic E-state index is 12.5. The van der Waals surface area contributed by atoms with Gasteiger partial charge in [-0.3, -0.25) is 9.59 Å². The molecule has 3 rings (SSSR count). The van der Waals surface area contributed by atoms with E-state index in [1.165, 1.54) is 0 Å². The molecule has 0 aromatic heterocycles. The summed E-state index contributed by atoms with van der Waals surface area (Å²) >= 11 is 5.95. The number of benzene rings is 1. The Morgan fingerprint density at radius 3 is 2.58 bits per heavy atom. The molecule has 1 aromatic rings. The molecular formula is C18H22ClNO4. The van der Waals surface area contributed by atoms with Gasteiger partial charge in [0.25, 0.3) is 0 Å². The lowest BCUT2D eigenvalue weighted by molar-refractivity contribution is -0.152. The first kappa shape index (κ1) is 17.2. The summed E-state index contributed by atoms with van der Waals surface area (Å²) in [6.45, 7) is 2.64. The van der Waals surface area contributed by atoms with Gasteiger partial charge in [0.15, 0.2) is 0 Å². The highest BCUT2D eigenvalue weighted by atomic mass is 35.5. The molecule has 1 aliphatic heterocycles. The number of hydrogen-bond acceptors (Lipinski definition) is 3. The van der Waals surface area contributed by atoms with Crippen molar-refractivity contribution in [1.82, 2.24) is 5.32 Å². The quantitative estimate of drug-likeness (QED) is 0.826. The number of aliphatic carboxylic acids is 1. The van der Waals surface area contributed by atoms with Gasteiger partial charge in [-0.1, -0.05) is 30.7 Å². The van der Waals surface area contributed by atoms with E-state index in [9.17, 15) is 14.7 Å². The van der Waals surface area contributed by atoms with E-state index in [-0.39, 0.29) is 25.0 Å². The minimum Gasteiger partial charge on any atom is -0.481 e. The van der Waals surface area contributed by atoms with Crippen LogP contribution in [-0.4, -0.2) is 30.2 Å². The van der Waals surface area contributed by atoms with Crippen LogP contribution in [0.1, 0.15) is 37.8 Å². The van der Waals surface area contributed by atoms with E-state index in [1.54, 1.807) is 0 Å². The topological polar surface area (TPSA) is 75.6 Å². The van der Waals surface area contributed by atoms with Gasteiger partial charge in [-0.25, -0.2) is 0 Å². The maximum Gasteiger partial charge on any atom is 0.312 e. The first-order valence-corrected chi connectivity index (χ1v) is 8.65. The van der Waals surface area contributed by atoms with Crippen LogP contribution in [0.15, 0.2) is 24.3 Å². The number of nitrogens with one attached hydrogen (secondary N) is 1. The molecule has 1 aromatic carbocycles. The third-order valence-electron chi connectivity index (χ3n) is 5.20. The lowest BCUT2D eigenvalue weighted by atomic mass is 9.83. The third kappa shape index (κ3) is 3.57. The number of carboxylic acid groups (broad SMARTS) is 1. The van der Waals surface area contributed by atoms with Crippen molar-refractivity contribution in [2.75, 3.05) is 13.2 Å². The highest BCUT2D eigenvalue weighted by molar-refractivity contribution is 6.30. The molecule has 1 amide bonds. The minimum absolute atomic E-state index is 0.0481. The third-order valence-corrected chi connectivity index (χ3v) is 5.45. The Hall–Kier alpha value is -1.59. The number of carboxylic acids is 1. The first-order chi connectivity index (χ1) is 11.4. The van der Waals surface area contributed by atoms with E-state index in [0.717, 1.165) is 12.0 Å². The summed E-state index contributed by atoms with van der Waals surface area (Å²) in [5.41, 5.74) is -0.0850. The fourth-order valence-corrected chi connectivity index (χ4v) is 3.57. The summed E-state index contributed by atoms with van der Waals surface area (Å²) in [5, 5.41) is 13.2. The Morgan fingerprint density at radius 2 is 2.08 bits per heavy atom. The van der Waals surface area contributed by atoms with Gasteiger partial charge in [-0.2, -0.15) is 0 Å². The average Bonchev–Trinajstić information content (AvgIpc) is 3.06. The lowest BCUT2D eigenvalue weighted by Crippen LogP contribution is -2.39. The molecule has 0 radical (unpaired) electrons. The summed E-state index contributed by atoms with van der Waals surface area (Å²) in [5.74, 6) is -0.259. The van der Waals surface area contributed by atoms with Crippen molar-refractivity contribution in [2.45, 2.75) is 32.2 Å². The molecule has 1 saturated carbocycles. The average molecular weight is 352 g/mol. The smallest absolute Gasteiger partial charge is 0.312 e. The van der Waals surface area contributed by atoms with Crippen molar-refractivity contribution in [1.29, 1.82) is 0 Å². The second kappa shape index (κ2) is 6.73. The van der Waals surface area contributed by atoms with Crippen molar-refractivity contribution >= 4 is 23.5 Å². The molecule has 24 heavy (non-hydrogen) atoms. The maximum atomic E-state index is 12.5. The van der Waals surface area contributed by atoms with E-state index in [0.29, 0.717) is 29.9 Å². The Kier molecular flexibility index (Phi) is 4.83. The van der Waals surface area contributed by atoms with Crippen molar-refractivity contribution in [3.05, 3.63) is 34.9 Å². The minimum atomic E-state index is -1.09. The first-order valence-electron chi connectivity index (χ1n) is 8.27. The summed E-state index contributed by atoms with van der Waals surface area (Å²) in [6.07, 6.45) is 1.38. The number of hydrogen-bond donors (Lipinski definition) is 2. The molecule has 130 valence electrons. The lowest BCUT2D eigenvalue weighted by Gasteiger charge is -2.24. The summed E-state index contributed by atoms with van der Waals surface area (Å²) < 4.78 is 5.23. The predicted molar refractivity (Wildman–Crippen MR) is 89.7 cm³/mol. The van der Waals surface area contributed by atoms with Gasteiger partial charge < -0.3 is 15.2 Å². The summed E-state index contributed by atoms with van der Waals surface area (Å²) in [7, 11) is 0. The molecule has 1 saturated heterocycles. The van der Waals surface area contributed by atoms with E-state index in [4.69, 9.17) is 16.3 Å². The molecule has 4 atom stereocenters. The van der Waals surface area contributed by atoms with Crippen LogP contribution in [0.5, 0.6) is 0 Å². The number of amides is 1. The van der Waals surface area contributed by atoms with Gasteiger partial charge in [0.05, 0.1) is 12.6 Å². The van der Waals surface area contributed by atoms with Gasteiger partial charge in [0.2, 0.25) is 5.91 Å². The van der Waals surface area contributed by atoms with Gasteiger partial charge in [-0.05, 0) is 42.4 Å². The fraction of sp³-hybridized carbons (Fsp3) is 0.556. The predicted octanol–water partition coefficient (Wildman–Crippen LogP) is 3.03. The standard InChI is InChI=1S/C18H22ClNO4/c1-11-8-14(11)16(12-2-4-13(19)5-3-12)20-15(21)9-18(17(22)23)6-7-24-10-18/h2-5,11,14,16H,6-10H2,1H3,(H,20,21)(H,22,23). The van der Waals surface area contributed by atoms with Crippen LogP contribution >= 0.6 is 11.6 Å². The molecule has 1 heterocycles. The Bertz CT molecular complexity index is 624. The van der Waals surface area contributed by atoms with Gasteiger partial charge in [0, 0.05) is 18.1 Å². The zero-order valence-corrected chi connectivity index (χ0v) is 14.4. The van der Waals surface area contributed by atoms with Gasteiger partial charge >= 0.3 is 5.97 Å². The molecule has 6 heteroatoms. The van der Waals surface area contributed by atoms with Crippen molar-refractivity contribution in [3.63, 3.8) is 0 Å². The summed E-state index contributed by atoms with van der Waals surface area (Å²) in [4.78, 5) is 24.1. The summed E-state index contributed by atoms with van der Waals surface area (Å²) in [6, 6.07) is 7.37. The molecule has 4 unspecified atom stereocenters. The molecule has 2 N–H and O–H groups in total. The van der Waals surface area contributed by atoms with Gasteiger partial charge in [-0.15, -0.1) is 0 Å². The molecule has 5 nitrogen and oxygen atoms in total. The number of ether oxygens (including phenoxy) is 1. The molecular weight excluding hydrogens is 330 g/mol. The monoisotopic (exact) mass is 351 g/mol.